The molecule has 0 amide bonds. The van der Waals surface area contributed by atoms with Gasteiger partial charge in [-0.25, -0.2) is 9.97 Å². The van der Waals surface area contributed by atoms with Gasteiger partial charge in [-0.3, -0.25) is 4.57 Å². The van der Waals surface area contributed by atoms with E-state index in [4.69, 9.17) is 0 Å². The van der Waals surface area contributed by atoms with Crippen LogP contribution in [0.25, 0.3) is 27.3 Å². The van der Waals surface area contributed by atoms with Crippen molar-refractivity contribution >= 4 is 33.3 Å². The Kier molecular flexibility index (Phi) is 4.77. The third-order valence-electron chi connectivity index (χ3n) is 5.58. The van der Waals surface area contributed by atoms with Crippen molar-refractivity contribution in [2.24, 2.45) is 0 Å². The molecule has 0 atom stereocenters. The number of hydrogen-bond acceptors (Lipinski definition) is 6. The molecule has 5 nitrogen and oxygen atoms in total. The summed E-state index contributed by atoms with van der Waals surface area (Å²) < 4.78 is 2.12. The third kappa shape index (κ3) is 3.34. The van der Waals surface area contributed by atoms with Crippen molar-refractivity contribution < 1.29 is 0 Å². The van der Waals surface area contributed by atoms with Gasteiger partial charge in [-0.2, -0.15) is 0 Å². The monoisotopic (exact) mass is 441 g/mol. The highest BCUT2D eigenvalue weighted by atomic mass is 32.2. The summed E-state index contributed by atoms with van der Waals surface area (Å²) in [5.74, 6) is 0.826. The van der Waals surface area contributed by atoms with E-state index in [1.165, 1.54) is 28.7 Å². The van der Waals surface area contributed by atoms with Gasteiger partial charge in [0.2, 0.25) is 5.16 Å². The summed E-state index contributed by atoms with van der Waals surface area (Å²) in [4.78, 5) is 11.8. The quantitative estimate of drug-likeness (QED) is 0.322. The normalized spacial score (nSPS) is 13.4. The van der Waals surface area contributed by atoms with E-state index in [0.717, 1.165) is 44.9 Å². The van der Waals surface area contributed by atoms with Crippen LogP contribution in [0.1, 0.15) is 23.3 Å². The molecule has 0 bridgehead atoms. The standard InChI is InChI=1S/C24H19N5S2/c1-3-9-16(10-4-1)21-27-28-24(29(21)17-11-5-2-6-12-17)31-23-20-18-13-7-8-14-19(18)30-22(20)25-15-26-23/h1-6,9-12,15H,7-8,13-14H2. The number of thiophene rings is 1. The molecule has 0 radical (unpaired) electrons. The summed E-state index contributed by atoms with van der Waals surface area (Å²) in [5.41, 5.74) is 3.50. The lowest BCUT2D eigenvalue weighted by Crippen LogP contribution is -2.01. The van der Waals surface area contributed by atoms with E-state index in [0.29, 0.717) is 0 Å². The van der Waals surface area contributed by atoms with E-state index in [1.54, 1.807) is 18.1 Å². The lowest BCUT2D eigenvalue weighted by molar-refractivity contribution is 0.699. The molecule has 0 fully saturated rings. The average molecular weight is 442 g/mol. The van der Waals surface area contributed by atoms with E-state index < -0.39 is 0 Å². The van der Waals surface area contributed by atoms with Gasteiger partial charge in [0.05, 0.1) is 0 Å². The number of aromatic nitrogens is 5. The number of hydrogen-bond donors (Lipinski definition) is 0. The molecule has 152 valence electrons. The molecule has 0 N–H and O–H groups in total. The molecule has 0 aliphatic heterocycles. The lowest BCUT2D eigenvalue weighted by Gasteiger charge is -2.12. The van der Waals surface area contributed by atoms with Crippen LogP contribution in [0.2, 0.25) is 0 Å². The van der Waals surface area contributed by atoms with Crippen molar-refractivity contribution in [3.63, 3.8) is 0 Å². The molecule has 2 aromatic carbocycles. The minimum absolute atomic E-state index is 0.806. The summed E-state index contributed by atoms with van der Waals surface area (Å²) in [5, 5.41) is 12.1. The second-order valence-corrected chi connectivity index (χ2v) is 9.55. The highest BCUT2D eigenvalue weighted by molar-refractivity contribution is 7.99. The first-order valence-electron chi connectivity index (χ1n) is 10.4. The maximum absolute atomic E-state index is 4.68. The second-order valence-electron chi connectivity index (χ2n) is 7.52. The van der Waals surface area contributed by atoms with E-state index >= 15 is 0 Å². The van der Waals surface area contributed by atoms with Crippen molar-refractivity contribution in [1.82, 2.24) is 24.7 Å². The molecule has 5 aromatic rings. The highest BCUT2D eigenvalue weighted by Crippen LogP contribution is 2.41. The molecule has 3 aromatic heterocycles. The first kappa shape index (κ1) is 18.7. The Bertz CT molecular complexity index is 1360. The van der Waals surface area contributed by atoms with Gasteiger partial charge >= 0.3 is 0 Å². The molecule has 0 saturated carbocycles. The van der Waals surface area contributed by atoms with Gasteiger partial charge in [0, 0.05) is 21.5 Å². The Morgan fingerprint density at radius 3 is 2.45 bits per heavy atom. The third-order valence-corrected chi connectivity index (χ3v) is 7.73. The zero-order valence-electron chi connectivity index (χ0n) is 16.7. The predicted molar refractivity (Wildman–Crippen MR) is 125 cm³/mol. The van der Waals surface area contributed by atoms with Crippen molar-refractivity contribution in [2.75, 3.05) is 0 Å². The van der Waals surface area contributed by atoms with E-state index in [1.807, 2.05) is 47.7 Å². The van der Waals surface area contributed by atoms with Crippen LogP contribution in [0.15, 0.2) is 77.2 Å². The Balaban J connectivity index is 1.51. The molecule has 6 rings (SSSR count). The Morgan fingerprint density at radius 1 is 0.839 bits per heavy atom. The average Bonchev–Trinajstić information content (AvgIpc) is 3.42. The SMILES string of the molecule is c1ccc(-c2nnc(Sc3ncnc4sc5c(c34)CCCC5)n2-c2ccccc2)cc1. The first-order chi connectivity index (χ1) is 15.4. The molecular formula is C24H19N5S2. The topological polar surface area (TPSA) is 56.5 Å². The fraction of sp³-hybridized carbons (Fsp3) is 0.167. The van der Waals surface area contributed by atoms with E-state index in [9.17, 15) is 0 Å². The van der Waals surface area contributed by atoms with Gasteiger partial charge in [-0.1, -0.05) is 48.5 Å². The first-order valence-corrected chi connectivity index (χ1v) is 12.0. The molecule has 3 heterocycles. The van der Waals surface area contributed by atoms with Gasteiger partial charge < -0.3 is 0 Å². The molecule has 1 aliphatic carbocycles. The fourth-order valence-corrected chi connectivity index (χ4v) is 6.40. The summed E-state index contributed by atoms with van der Waals surface area (Å²) in [7, 11) is 0. The van der Waals surface area contributed by atoms with Gasteiger partial charge in [-0.05, 0) is 55.1 Å². The number of benzene rings is 2. The minimum Gasteiger partial charge on any atom is -0.270 e. The van der Waals surface area contributed by atoms with Gasteiger partial charge in [0.15, 0.2) is 5.82 Å². The Labute approximate surface area is 188 Å². The maximum atomic E-state index is 4.68. The maximum Gasteiger partial charge on any atom is 0.202 e. The van der Waals surface area contributed by atoms with E-state index in [2.05, 4.69) is 49.0 Å². The Hall–Kier alpha value is -3.03. The number of aryl methyl sites for hydroxylation is 2. The van der Waals surface area contributed by atoms with Crippen molar-refractivity contribution in [3.05, 3.63) is 77.4 Å². The summed E-state index contributed by atoms with van der Waals surface area (Å²) in [6.07, 6.45) is 6.43. The van der Waals surface area contributed by atoms with Crippen molar-refractivity contribution in [3.8, 4) is 17.1 Å². The van der Waals surface area contributed by atoms with Crippen LogP contribution < -0.4 is 0 Å². The largest absolute Gasteiger partial charge is 0.270 e. The predicted octanol–water partition coefficient (Wildman–Crippen LogP) is 5.97. The second kappa shape index (κ2) is 7.90. The summed E-state index contributed by atoms with van der Waals surface area (Å²) in [6, 6.07) is 20.5. The van der Waals surface area contributed by atoms with Crippen LogP contribution >= 0.6 is 23.1 Å². The van der Waals surface area contributed by atoms with Gasteiger partial charge in [0.25, 0.3) is 0 Å². The van der Waals surface area contributed by atoms with E-state index in [-0.39, 0.29) is 0 Å². The van der Waals surface area contributed by atoms with Crippen molar-refractivity contribution in [2.45, 2.75) is 35.9 Å². The van der Waals surface area contributed by atoms with Crippen LogP contribution in [0.4, 0.5) is 0 Å². The number of fused-ring (bicyclic) bond motifs is 3. The number of nitrogens with zero attached hydrogens (tertiary/aromatic N) is 5. The molecular weight excluding hydrogens is 422 g/mol. The molecule has 0 spiro atoms. The van der Waals surface area contributed by atoms with Gasteiger partial charge in [-0.15, -0.1) is 21.5 Å². The van der Waals surface area contributed by atoms with Crippen LogP contribution in [-0.2, 0) is 12.8 Å². The number of para-hydroxylation sites is 1. The molecule has 1 aliphatic rings. The smallest absolute Gasteiger partial charge is 0.202 e. The Morgan fingerprint density at radius 2 is 1.61 bits per heavy atom. The zero-order valence-corrected chi connectivity index (χ0v) is 18.4. The van der Waals surface area contributed by atoms with Crippen LogP contribution in [0, 0.1) is 0 Å². The van der Waals surface area contributed by atoms with Gasteiger partial charge in [0.1, 0.15) is 16.2 Å². The van der Waals surface area contributed by atoms with Crippen LogP contribution in [0.3, 0.4) is 0 Å². The van der Waals surface area contributed by atoms with Crippen LogP contribution in [0.5, 0.6) is 0 Å². The minimum atomic E-state index is 0.806. The highest BCUT2D eigenvalue weighted by Gasteiger charge is 2.23. The fourth-order valence-electron chi connectivity index (χ4n) is 4.15. The molecule has 0 unspecified atom stereocenters. The summed E-state index contributed by atoms with van der Waals surface area (Å²) in [6.45, 7) is 0. The molecule has 0 saturated heterocycles. The molecule has 7 heteroatoms. The van der Waals surface area contributed by atoms with Crippen LogP contribution in [-0.4, -0.2) is 24.7 Å². The zero-order chi connectivity index (χ0) is 20.6. The molecule has 31 heavy (non-hydrogen) atoms. The van der Waals surface area contributed by atoms with Crippen molar-refractivity contribution in [1.29, 1.82) is 0 Å². The number of rotatable bonds is 4. The lowest BCUT2D eigenvalue weighted by atomic mass is 9.97. The summed E-state index contributed by atoms with van der Waals surface area (Å²) >= 11 is 3.40.